The average Bonchev–Trinajstić information content (AvgIpc) is 3.26. The molecule has 2 aromatic carbocycles. The Labute approximate surface area is 200 Å². The van der Waals surface area contributed by atoms with Crippen LogP contribution in [0.4, 0.5) is 0 Å². The third kappa shape index (κ3) is 5.66. The summed E-state index contributed by atoms with van der Waals surface area (Å²) in [5.41, 5.74) is 7.04. The van der Waals surface area contributed by atoms with Crippen LogP contribution < -0.4 is 5.43 Å². The Morgan fingerprint density at radius 3 is 2.55 bits per heavy atom. The number of halogens is 1. The third-order valence-electron chi connectivity index (χ3n) is 4.79. The maximum atomic E-state index is 12.4. The largest absolute Gasteiger partial charge is 0.272 e. The highest BCUT2D eigenvalue weighted by molar-refractivity contribution is 7.99. The fraction of sp³-hybridized carbons (Fsp3) is 0.125. The second kappa shape index (κ2) is 10.4. The number of amides is 1. The van der Waals surface area contributed by atoms with E-state index in [9.17, 15) is 4.79 Å². The molecule has 2 heterocycles. The molecular weight excluding hydrogens is 456 g/mol. The lowest BCUT2D eigenvalue weighted by molar-refractivity contribution is -0.118. The number of thioether (sulfide) groups is 1. The molecule has 2 aromatic heterocycles. The Balaban J connectivity index is 1.54. The van der Waals surface area contributed by atoms with Gasteiger partial charge in [0.2, 0.25) is 0 Å². The van der Waals surface area contributed by atoms with Gasteiger partial charge in [0.25, 0.3) is 5.91 Å². The number of pyridine rings is 1. The Hall–Kier alpha value is -3.49. The van der Waals surface area contributed by atoms with Gasteiger partial charge in [-0.25, -0.2) is 5.43 Å². The number of benzene rings is 2. The molecule has 33 heavy (non-hydrogen) atoms. The van der Waals surface area contributed by atoms with Gasteiger partial charge in [0.05, 0.1) is 11.5 Å². The number of aryl methyl sites for hydroxylation is 1. The van der Waals surface area contributed by atoms with Gasteiger partial charge in [0.1, 0.15) is 0 Å². The smallest absolute Gasteiger partial charge is 0.250 e. The molecule has 0 aliphatic heterocycles. The lowest BCUT2D eigenvalue weighted by atomic mass is 10.1. The van der Waals surface area contributed by atoms with E-state index in [4.69, 9.17) is 11.6 Å². The van der Waals surface area contributed by atoms with Gasteiger partial charge >= 0.3 is 0 Å². The number of carbonyl (C=O) groups is 1. The van der Waals surface area contributed by atoms with E-state index in [-0.39, 0.29) is 11.7 Å². The van der Waals surface area contributed by atoms with Crippen molar-refractivity contribution in [2.45, 2.75) is 19.0 Å². The van der Waals surface area contributed by atoms with Crippen molar-refractivity contribution in [1.82, 2.24) is 25.2 Å². The summed E-state index contributed by atoms with van der Waals surface area (Å²) in [6, 6.07) is 19.2. The average molecular weight is 477 g/mol. The molecule has 4 aromatic rings. The molecule has 0 spiro atoms. The van der Waals surface area contributed by atoms with Crippen molar-refractivity contribution in [1.29, 1.82) is 0 Å². The van der Waals surface area contributed by atoms with Crippen LogP contribution in [0.25, 0.3) is 17.1 Å². The first-order valence-electron chi connectivity index (χ1n) is 10.2. The quantitative estimate of drug-likeness (QED) is 0.232. The van der Waals surface area contributed by atoms with Gasteiger partial charge < -0.3 is 0 Å². The van der Waals surface area contributed by atoms with Crippen LogP contribution in [0.1, 0.15) is 18.1 Å². The first kappa shape index (κ1) is 22.7. The topological polar surface area (TPSA) is 85.1 Å². The number of carbonyl (C=O) groups excluding carboxylic acids is 1. The summed E-state index contributed by atoms with van der Waals surface area (Å²) in [6.07, 6.45) is 3.38. The van der Waals surface area contributed by atoms with Crippen molar-refractivity contribution in [2.24, 2.45) is 5.10 Å². The summed E-state index contributed by atoms with van der Waals surface area (Å²) < 4.78 is 1.92. The predicted molar refractivity (Wildman–Crippen MR) is 132 cm³/mol. The molecule has 9 heteroatoms. The second-order valence-corrected chi connectivity index (χ2v) is 8.63. The van der Waals surface area contributed by atoms with Crippen molar-refractivity contribution in [3.63, 3.8) is 0 Å². The minimum Gasteiger partial charge on any atom is -0.272 e. The monoisotopic (exact) mass is 476 g/mol. The molecule has 0 bridgehead atoms. The van der Waals surface area contributed by atoms with Crippen molar-refractivity contribution in [3.8, 4) is 17.1 Å². The number of rotatable bonds is 7. The second-order valence-electron chi connectivity index (χ2n) is 7.25. The van der Waals surface area contributed by atoms with Gasteiger partial charge in [0.15, 0.2) is 11.0 Å². The number of nitrogens with zero attached hydrogens (tertiary/aromatic N) is 5. The number of hydrazone groups is 1. The van der Waals surface area contributed by atoms with E-state index in [0.29, 0.717) is 21.7 Å². The van der Waals surface area contributed by atoms with Crippen molar-refractivity contribution < 1.29 is 4.79 Å². The number of aromatic nitrogens is 4. The molecule has 0 fully saturated rings. The SMILES string of the molecule is C/C(=N\NC(=O)CSc1nnc(-c2ccc(C)cc2)n1-c1ccc(Cl)cc1)c1cccnc1. The maximum Gasteiger partial charge on any atom is 0.250 e. The van der Waals surface area contributed by atoms with E-state index in [1.807, 2.05) is 79.1 Å². The highest BCUT2D eigenvalue weighted by atomic mass is 35.5. The van der Waals surface area contributed by atoms with E-state index in [2.05, 4.69) is 25.7 Å². The molecule has 0 unspecified atom stereocenters. The summed E-state index contributed by atoms with van der Waals surface area (Å²) in [5, 5.41) is 14.1. The standard InChI is InChI=1S/C24H21ClN6OS/c1-16-5-7-18(8-6-16)23-29-30-24(31(23)21-11-9-20(25)10-12-21)33-15-22(32)28-27-17(2)19-4-3-13-26-14-19/h3-14H,15H2,1-2H3,(H,28,32)/b27-17+. The molecule has 4 rings (SSSR count). The van der Waals surface area contributed by atoms with Gasteiger partial charge in [-0.15, -0.1) is 10.2 Å². The molecule has 0 saturated carbocycles. The zero-order valence-corrected chi connectivity index (χ0v) is 19.6. The van der Waals surface area contributed by atoms with E-state index >= 15 is 0 Å². The molecule has 1 N–H and O–H groups in total. The van der Waals surface area contributed by atoms with Crippen LogP contribution in [0, 0.1) is 6.92 Å². The molecule has 0 aliphatic carbocycles. The van der Waals surface area contributed by atoms with E-state index in [0.717, 1.165) is 22.4 Å². The highest BCUT2D eigenvalue weighted by Gasteiger charge is 2.17. The van der Waals surface area contributed by atoms with Crippen LogP contribution in [0.15, 0.2) is 83.3 Å². The minimum absolute atomic E-state index is 0.128. The van der Waals surface area contributed by atoms with Crippen LogP contribution in [0.5, 0.6) is 0 Å². The van der Waals surface area contributed by atoms with Crippen LogP contribution in [0.2, 0.25) is 5.02 Å². The van der Waals surface area contributed by atoms with Gasteiger partial charge in [-0.05, 0) is 44.2 Å². The first-order chi connectivity index (χ1) is 16.0. The fourth-order valence-electron chi connectivity index (χ4n) is 3.03. The lowest BCUT2D eigenvalue weighted by Crippen LogP contribution is -2.21. The van der Waals surface area contributed by atoms with Crippen LogP contribution in [-0.4, -0.2) is 37.1 Å². The van der Waals surface area contributed by atoms with Gasteiger partial charge in [0, 0.05) is 34.2 Å². The van der Waals surface area contributed by atoms with E-state index in [1.165, 1.54) is 11.8 Å². The number of hydrogen-bond acceptors (Lipinski definition) is 6. The predicted octanol–water partition coefficient (Wildman–Crippen LogP) is 4.92. The molecule has 0 radical (unpaired) electrons. The summed E-state index contributed by atoms with van der Waals surface area (Å²) in [5.74, 6) is 0.570. The Morgan fingerprint density at radius 2 is 1.85 bits per heavy atom. The minimum atomic E-state index is -0.245. The van der Waals surface area contributed by atoms with E-state index in [1.54, 1.807) is 12.4 Å². The van der Waals surface area contributed by atoms with E-state index < -0.39 is 0 Å². The van der Waals surface area contributed by atoms with Crippen LogP contribution >= 0.6 is 23.4 Å². The zero-order chi connectivity index (χ0) is 23.2. The molecule has 0 atom stereocenters. The molecule has 0 saturated heterocycles. The molecule has 1 amide bonds. The summed E-state index contributed by atoms with van der Waals surface area (Å²) in [7, 11) is 0. The Morgan fingerprint density at radius 1 is 1.09 bits per heavy atom. The highest BCUT2D eigenvalue weighted by Crippen LogP contribution is 2.28. The molecular formula is C24H21ClN6OS. The van der Waals surface area contributed by atoms with Gasteiger partial charge in [-0.2, -0.15) is 5.10 Å². The molecule has 7 nitrogen and oxygen atoms in total. The molecule has 166 valence electrons. The van der Waals surface area contributed by atoms with Gasteiger partial charge in [-0.1, -0.05) is 59.3 Å². The lowest BCUT2D eigenvalue weighted by Gasteiger charge is -2.10. The maximum absolute atomic E-state index is 12.4. The van der Waals surface area contributed by atoms with Crippen LogP contribution in [0.3, 0.4) is 0 Å². The molecule has 0 aliphatic rings. The summed E-state index contributed by atoms with van der Waals surface area (Å²) in [4.78, 5) is 16.5. The first-order valence-corrected chi connectivity index (χ1v) is 11.5. The number of hydrogen-bond donors (Lipinski definition) is 1. The normalized spacial score (nSPS) is 11.4. The van der Waals surface area contributed by atoms with Gasteiger partial charge in [-0.3, -0.25) is 14.3 Å². The summed E-state index contributed by atoms with van der Waals surface area (Å²) >= 11 is 7.36. The number of nitrogens with one attached hydrogen (secondary N) is 1. The Kier molecular flexibility index (Phi) is 7.16. The summed E-state index contributed by atoms with van der Waals surface area (Å²) in [6.45, 7) is 3.85. The van der Waals surface area contributed by atoms with Crippen molar-refractivity contribution in [3.05, 3.63) is 89.2 Å². The third-order valence-corrected chi connectivity index (χ3v) is 5.97. The zero-order valence-electron chi connectivity index (χ0n) is 18.1. The van der Waals surface area contributed by atoms with Crippen molar-refractivity contribution >= 4 is 35.0 Å². The Bertz CT molecular complexity index is 1270. The van der Waals surface area contributed by atoms with Crippen molar-refractivity contribution in [2.75, 3.05) is 5.75 Å². The van der Waals surface area contributed by atoms with Crippen LogP contribution in [-0.2, 0) is 4.79 Å². The fourth-order valence-corrected chi connectivity index (χ4v) is 3.90.